The highest BCUT2D eigenvalue weighted by Crippen LogP contribution is 2.39. The van der Waals surface area contributed by atoms with Gasteiger partial charge in [-0.2, -0.15) is 0 Å². The summed E-state index contributed by atoms with van der Waals surface area (Å²) in [4.78, 5) is 56.7. The van der Waals surface area contributed by atoms with Crippen molar-refractivity contribution in [2.75, 3.05) is 19.8 Å². The zero-order valence-electron chi connectivity index (χ0n) is 40.9. The molecule has 0 radical (unpaired) electrons. The number of hydrogen-bond donors (Lipinski definition) is 0. The first kappa shape index (κ1) is 52.2. The van der Waals surface area contributed by atoms with E-state index in [1.807, 2.05) is 121 Å². The molecule has 0 N–H and O–H groups in total. The van der Waals surface area contributed by atoms with Gasteiger partial charge in [0.1, 0.15) is 37.1 Å². The van der Waals surface area contributed by atoms with Crippen molar-refractivity contribution < 1.29 is 66.5 Å². The van der Waals surface area contributed by atoms with E-state index in [4.69, 9.17) is 47.4 Å². The van der Waals surface area contributed by atoms with Gasteiger partial charge < -0.3 is 47.4 Å². The van der Waals surface area contributed by atoms with E-state index < -0.39 is 85.6 Å². The smallest absolute Gasteiger partial charge is 0.338 e. The monoisotopic (exact) mass is 1010 g/mol. The Hall–Kier alpha value is -7.66. The molecule has 9 rings (SSSR count). The Morgan fingerprint density at radius 3 is 1.31 bits per heavy atom. The zero-order valence-corrected chi connectivity index (χ0v) is 40.9. The van der Waals surface area contributed by atoms with Crippen molar-refractivity contribution in [3.8, 4) is 0 Å². The minimum atomic E-state index is -2.61. The Balaban J connectivity index is 1.12. The third kappa shape index (κ3) is 13.9. The molecule has 0 bridgehead atoms. The van der Waals surface area contributed by atoms with Crippen LogP contribution in [0.3, 0.4) is 0 Å². The van der Waals surface area contributed by atoms with Gasteiger partial charge in [0.2, 0.25) is 5.78 Å². The molecule has 0 saturated carbocycles. The first-order chi connectivity index (χ1) is 36.8. The Kier molecular flexibility index (Phi) is 18.1. The summed E-state index contributed by atoms with van der Waals surface area (Å²) in [5, 5.41) is 0. The zero-order chi connectivity index (χ0) is 51.7. The molecule has 14 heteroatoms. The van der Waals surface area contributed by atoms with Crippen LogP contribution in [0, 0.1) is 0 Å². The molecule has 0 amide bonds. The first-order valence-electron chi connectivity index (χ1n) is 24.7. The van der Waals surface area contributed by atoms with E-state index in [2.05, 4.69) is 0 Å². The highest BCUT2D eigenvalue weighted by molar-refractivity contribution is 5.97. The van der Waals surface area contributed by atoms with Crippen molar-refractivity contribution in [2.45, 2.75) is 75.1 Å². The molecule has 8 atom stereocenters. The third-order valence-corrected chi connectivity index (χ3v) is 12.5. The second-order valence-corrected chi connectivity index (χ2v) is 17.8. The van der Waals surface area contributed by atoms with E-state index in [0.717, 1.165) is 22.3 Å². The lowest BCUT2D eigenvalue weighted by molar-refractivity contribution is -0.375. The predicted molar refractivity (Wildman–Crippen MR) is 273 cm³/mol. The molecule has 2 aliphatic rings. The van der Waals surface area contributed by atoms with Gasteiger partial charge in [-0.05, 0) is 58.7 Å². The molecule has 0 aliphatic carbocycles. The standard InChI is InChI=1S/C61H56O14/c62-56-53(73-59(65)49-34-20-7-21-35-49)51(41-70-57(63)47-30-16-5-17-31-47)74-61(56,42-71-58(64)48-32-18-6-19-33-48)75-60-55(69-39-46-28-14-4-15-29-46)54(68-38-45-26-12-3-13-27-45)52(67-37-44-24-10-2-11-25-44)50(72-60)40-66-36-43-22-8-1-9-23-43/h1-35,50-55,60H,36-42H2/t50-,51-,52-,53-,54+,55-,60-,61+/m1/s1. The van der Waals surface area contributed by atoms with Crippen molar-refractivity contribution in [1.29, 1.82) is 0 Å². The minimum Gasteiger partial charge on any atom is -0.459 e. The van der Waals surface area contributed by atoms with E-state index in [1.54, 1.807) is 78.9 Å². The largest absolute Gasteiger partial charge is 0.459 e. The third-order valence-electron chi connectivity index (χ3n) is 12.5. The second-order valence-electron chi connectivity index (χ2n) is 17.8. The van der Waals surface area contributed by atoms with Crippen LogP contribution >= 0.6 is 0 Å². The number of ether oxygens (including phenoxy) is 10. The molecule has 75 heavy (non-hydrogen) atoms. The Morgan fingerprint density at radius 1 is 0.427 bits per heavy atom. The number of carbonyl (C=O) groups is 4. The molecular weight excluding hydrogens is 957 g/mol. The van der Waals surface area contributed by atoms with Crippen LogP contribution < -0.4 is 0 Å². The summed E-state index contributed by atoms with van der Waals surface area (Å²) in [6.07, 6.45) is -8.99. The summed E-state index contributed by atoms with van der Waals surface area (Å²) < 4.78 is 65.2. The van der Waals surface area contributed by atoms with Gasteiger partial charge in [0.05, 0.1) is 49.7 Å². The van der Waals surface area contributed by atoms with Crippen molar-refractivity contribution in [3.63, 3.8) is 0 Å². The van der Waals surface area contributed by atoms with Gasteiger partial charge in [0.25, 0.3) is 5.79 Å². The van der Waals surface area contributed by atoms with Crippen molar-refractivity contribution in [2.24, 2.45) is 0 Å². The maximum atomic E-state index is 15.5. The quantitative estimate of drug-likeness (QED) is 0.0441. The molecule has 7 aromatic rings. The topological polar surface area (TPSA) is 161 Å². The molecule has 0 unspecified atom stereocenters. The van der Waals surface area contributed by atoms with Crippen LogP contribution in [0.5, 0.6) is 0 Å². The molecule has 2 heterocycles. The SMILES string of the molecule is O=C(OC[C@H]1O[C@@](COC(=O)c2ccccc2)(O[C@H]2O[C@H](COCc3ccccc3)[C@@H](OCc3ccccc3)[C@H](OCc3ccccc3)[C@H]2OCc2ccccc2)C(=O)[C@@H]1OC(=O)c1ccccc1)c1ccccc1. The van der Waals surface area contributed by atoms with Gasteiger partial charge in [0.15, 0.2) is 19.0 Å². The average molecular weight is 1010 g/mol. The highest BCUT2D eigenvalue weighted by atomic mass is 16.8. The maximum Gasteiger partial charge on any atom is 0.338 e. The molecule has 0 spiro atoms. The lowest BCUT2D eigenvalue weighted by Crippen LogP contribution is -2.64. The summed E-state index contributed by atoms with van der Waals surface area (Å²) in [5.74, 6) is -6.02. The number of rotatable bonds is 23. The van der Waals surface area contributed by atoms with Crippen LogP contribution in [0.15, 0.2) is 212 Å². The normalized spacial score (nSPS) is 22.2. The van der Waals surface area contributed by atoms with Crippen LogP contribution in [-0.2, 0) is 78.6 Å². The number of esters is 3. The fraction of sp³-hybridized carbons (Fsp3) is 0.246. The second kappa shape index (κ2) is 26.0. The number of hydrogen-bond acceptors (Lipinski definition) is 14. The first-order valence-corrected chi connectivity index (χ1v) is 24.7. The van der Waals surface area contributed by atoms with Gasteiger partial charge in [-0.1, -0.05) is 176 Å². The molecule has 2 aliphatic heterocycles. The van der Waals surface area contributed by atoms with Crippen molar-refractivity contribution in [1.82, 2.24) is 0 Å². The fourth-order valence-corrected chi connectivity index (χ4v) is 8.65. The number of carbonyl (C=O) groups excluding carboxylic acids is 4. The average Bonchev–Trinajstić information content (AvgIpc) is 3.73. The van der Waals surface area contributed by atoms with Crippen LogP contribution in [0.2, 0.25) is 0 Å². The van der Waals surface area contributed by atoms with Crippen LogP contribution in [0.25, 0.3) is 0 Å². The molecule has 384 valence electrons. The van der Waals surface area contributed by atoms with Gasteiger partial charge in [0, 0.05) is 0 Å². The minimum absolute atomic E-state index is 0.0146. The van der Waals surface area contributed by atoms with E-state index in [9.17, 15) is 14.4 Å². The Bertz CT molecular complexity index is 2880. The molecule has 0 aromatic heterocycles. The van der Waals surface area contributed by atoms with Crippen molar-refractivity contribution >= 4 is 23.7 Å². The molecule has 2 fully saturated rings. The molecule has 2 saturated heterocycles. The summed E-state index contributed by atoms with van der Waals surface area (Å²) >= 11 is 0. The predicted octanol–water partition coefficient (Wildman–Crippen LogP) is 9.30. The Labute approximate surface area is 434 Å². The molecular formula is C61H56O14. The molecule has 7 aromatic carbocycles. The number of ketones is 1. The highest BCUT2D eigenvalue weighted by Gasteiger charge is 2.62. The van der Waals surface area contributed by atoms with Gasteiger partial charge >= 0.3 is 17.9 Å². The van der Waals surface area contributed by atoms with Crippen LogP contribution in [0.1, 0.15) is 53.3 Å². The van der Waals surface area contributed by atoms with Crippen LogP contribution in [-0.4, -0.2) is 92.2 Å². The molecule has 14 nitrogen and oxygen atoms in total. The van der Waals surface area contributed by atoms with E-state index in [1.165, 1.54) is 12.1 Å². The van der Waals surface area contributed by atoms with E-state index in [-0.39, 0.29) is 49.7 Å². The lowest BCUT2D eigenvalue weighted by atomic mass is 9.97. The summed E-state index contributed by atoms with van der Waals surface area (Å²) in [6.45, 7) is -1.09. The number of benzene rings is 7. The van der Waals surface area contributed by atoms with Crippen molar-refractivity contribution in [3.05, 3.63) is 251 Å². The summed E-state index contributed by atoms with van der Waals surface area (Å²) in [7, 11) is 0. The summed E-state index contributed by atoms with van der Waals surface area (Å²) in [5.41, 5.74) is 3.93. The Morgan fingerprint density at radius 2 is 0.827 bits per heavy atom. The maximum absolute atomic E-state index is 15.5. The fourth-order valence-electron chi connectivity index (χ4n) is 8.65. The summed E-state index contributed by atoms with van der Waals surface area (Å²) in [6, 6.07) is 62.7. The van der Waals surface area contributed by atoms with E-state index >= 15 is 4.79 Å². The van der Waals surface area contributed by atoms with Gasteiger partial charge in [-0.15, -0.1) is 0 Å². The number of Topliss-reactive ketones (excluding diaryl/α,β-unsaturated/α-hetero) is 1. The van der Waals surface area contributed by atoms with E-state index in [0.29, 0.717) is 0 Å². The van der Waals surface area contributed by atoms with Crippen LogP contribution in [0.4, 0.5) is 0 Å². The lowest BCUT2D eigenvalue weighted by Gasteiger charge is -2.47. The van der Waals surface area contributed by atoms with Gasteiger partial charge in [-0.3, -0.25) is 4.79 Å². The van der Waals surface area contributed by atoms with Gasteiger partial charge in [-0.25, -0.2) is 14.4 Å².